The van der Waals surface area contributed by atoms with Crippen molar-refractivity contribution in [2.75, 3.05) is 0 Å². The first-order chi connectivity index (χ1) is 9.25. The second kappa shape index (κ2) is 4.70. The fourth-order valence-corrected chi connectivity index (χ4v) is 2.54. The standard InChI is InChI=1S/C14H10N2O2S/c17-11(14-12(18)6-9-19-14)5-4-10-2-1-3-13-15-7-8-16(10)13/h1-9,18H/b5-4+. The molecular formula is C14H10N2O2S. The van der Waals surface area contributed by atoms with E-state index in [1.807, 2.05) is 28.8 Å². The Bertz CT molecular complexity index is 770. The van der Waals surface area contributed by atoms with Gasteiger partial charge < -0.3 is 9.51 Å². The number of imidazole rings is 1. The van der Waals surface area contributed by atoms with Crippen molar-refractivity contribution < 1.29 is 9.90 Å². The Morgan fingerprint density at radius 3 is 3.05 bits per heavy atom. The van der Waals surface area contributed by atoms with Gasteiger partial charge in [0.1, 0.15) is 16.3 Å². The lowest BCUT2D eigenvalue weighted by molar-refractivity contribution is 0.104. The van der Waals surface area contributed by atoms with Crippen LogP contribution < -0.4 is 0 Å². The highest BCUT2D eigenvalue weighted by atomic mass is 32.1. The van der Waals surface area contributed by atoms with Crippen molar-refractivity contribution in [2.45, 2.75) is 0 Å². The Balaban J connectivity index is 1.93. The van der Waals surface area contributed by atoms with E-state index in [1.54, 1.807) is 17.7 Å². The number of carbonyl (C=O) groups is 1. The van der Waals surface area contributed by atoms with E-state index in [1.165, 1.54) is 23.5 Å². The number of ketones is 1. The Morgan fingerprint density at radius 2 is 2.26 bits per heavy atom. The van der Waals surface area contributed by atoms with Crippen LogP contribution in [0.5, 0.6) is 5.75 Å². The van der Waals surface area contributed by atoms with E-state index in [0.29, 0.717) is 4.88 Å². The Kier molecular flexibility index (Phi) is 2.89. The van der Waals surface area contributed by atoms with E-state index < -0.39 is 0 Å². The van der Waals surface area contributed by atoms with E-state index in [2.05, 4.69) is 4.98 Å². The summed E-state index contributed by atoms with van der Waals surface area (Å²) < 4.78 is 1.89. The highest BCUT2D eigenvalue weighted by molar-refractivity contribution is 7.12. The van der Waals surface area contributed by atoms with Crippen molar-refractivity contribution in [3.8, 4) is 5.75 Å². The number of aromatic nitrogens is 2. The van der Waals surface area contributed by atoms with Gasteiger partial charge in [0, 0.05) is 18.1 Å². The molecule has 0 radical (unpaired) electrons. The van der Waals surface area contributed by atoms with Gasteiger partial charge in [0.05, 0.1) is 0 Å². The van der Waals surface area contributed by atoms with Crippen LogP contribution in [0.15, 0.2) is 48.1 Å². The zero-order chi connectivity index (χ0) is 13.2. The molecule has 3 heterocycles. The number of nitrogens with zero attached hydrogens (tertiary/aromatic N) is 2. The molecule has 3 aromatic rings. The minimum absolute atomic E-state index is 0.0282. The van der Waals surface area contributed by atoms with Gasteiger partial charge in [-0.05, 0) is 35.7 Å². The Labute approximate surface area is 113 Å². The van der Waals surface area contributed by atoms with Gasteiger partial charge in [0.25, 0.3) is 0 Å². The first-order valence-corrected chi connectivity index (χ1v) is 6.54. The van der Waals surface area contributed by atoms with Crippen LogP contribution in [-0.2, 0) is 0 Å². The molecular weight excluding hydrogens is 260 g/mol. The van der Waals surface area contributed by atoms with Crippen molar-refractivity contribution in [2.24, 2.45) is 0 Å². The van der Waals surface area contributed by atoms with Gasteiger partial charge in [-0.15, -0.1) is 11.3 Å². The Morgan fingerprint density at radius 1 is 1.37 bits per heavy atom. The second-order valence-electron chi connectivity index (χ2n) is 3.94. The van der Waals surface area contributed by atoms with Crippen LogP contribution in [0, 0.1) is 0 Å². The lowest BCUT2D eigenvalue weighted by Gasteiger charge is -1.99. The summed E-state index contributed by atoms with van der Waals surface area (Å²) in [4.78, 5) is 16.4. The van der Waals surface area contributed by atoms with Gasteiger partial charge in [0.15, 0.2) is 5.78 Å². The van der Waals surface area contributed by atoms with Crippen molar-refractivity contribution >= 4 is 28.8 Å². The topological polar surface area (TPSA) is 54.6 Å². The summed E-state index contributed by atoms with van der Waals surface area (Å²) in [7, 11) is 0. The van der Waals surface area contributed by atoms with Crippen molar-refractivity contribution in [1.29, 1.82) is 0 Å². The summed E-state index contributed by atoms with van der Waals surface area (Å²) in [6, 6.07) is 7.19. The van der Waals surface area contributed by atoms with Crippen LogP contribution in [0.25, 0.3) is 11.7 Å². The van der Waals surface area contributed by atoms with Gasteiger partial charge in [-0.3, -0.25) is 4.79 Å². The third-order valence-electron chi connectivity index (χ3n) is 2.73. The average molecular weight is 270 g/mol. The van der Waals surface area contributed by atoms with Crippen LogP contribution in [0.3, 0.4) is 0 Å². The zero-order valence-corrected chi connectivity index (χ0v) is 10.7. The lowest BCUT2D eigenvalue weighted by Crippen LogP contribution is -1.92. The lowest BCUT2D eigenvalue weighted by atomic mass is 10.2. The molecule has 0 fully saturated rings. The number of aromatic hydroxyl groups is 1. The number of hydrogen-bond donors (Lipinski definition) is 1. The molecule has 0 aliphatic carbocycles. The fourth-order valence-electron chi connectivity index (χ4n) is 1.83. The maximum absolute atomic E-state index is 11.9. The molecule has 0 atom stereocenters. The Hall–Kier alpha value is -2.40. The van der Waals surface area contributed by atoms with Crippen LogP contribution in [-0.4, -0.2) is 20.3 Å². The summed E-state index contributed by atoms with van der Waals surface area (Å²) in [5, 5.41) is 11.2. The fraction of sp³-hybridized carbons (Fsp3) is 0. The SMILES string of the molecule is O=C(/C=C/c1cccc2nccn12)c1sccc1O. The molecule has 5 heteroatoms. The van der Waals surface area contributed by atoms with E-state index in [-0.39, 0.29) is 11.5 Å². The van der Waals surface area contributed by atoms with Gasteiger partial charge in [-0.25, -0.2) is 4.98 Å². The molecule has 0 aromatic carbocycles. The second-order valence-corrected chi connectivity index (χ2v) is 4.85. The third kappa shape index (κ3) is 2.15. The van der Waals surface area contributed by atoms with Crippen LogP contribution in [0.4, 0.5) is 0 Å². The quantitative estimate of drug-likeness (QED) is 0.588. The van der Waals surface area contributed by atoms with E-state index in [9.17, 15) is 9.90 Å². The average Bonchev–Trinajstić information content (AvgIpc) is 3.04. The predicted molar refractivity (Wildman–Crippen MR) is 74.5 cm³/mol. The van der Waals surface area contributed by atoms with Gasteiger partial charge >= 0.3 is 0 Å². The summed E-state index contributed by atoms with van der Waals surface area (Å²) in [5.74, 6) is -0.176. The molecule has 0 amide bonds. The predicted octanol–water partition coefficient (Wildman–Crippen LogP) is 3.00. The number of rotatable bonds is 3. The molecule has 1 N–H and O–H groups in total. The molecule has 0 unspecified atom stereocenters. The molecule has 0 aliphatic rings. The normalized spacial score (nSPS) is 11.4. The van der Waals surface area contributed by atoms with Crippen LogP contribution in [0.1, 0.15) is 15.4 Å². The highest BCUT2D eigenvalue weighted by Gasteiger charge is 2.09. The molecule has 94 valence electrons. The first-order valence-electron chi connectivity index (χ1n) is 5.66. The third-order valence-corrected chi connectivity index (χ3v) is 3.65. The smallest absolute Gasteiger partial charge is 0.199 e. The van der Waals surface area contributed by atoms with Crippen LogP contribution >= 0.6 is 11.3 Å². The molecule has 0 bridgehead atoms. The van der Waals surface area contributed by atoms with Crippen LogP contribution in [0.2, 0.25) is 0 Å². The number of carbonyl (C=O) groups excluding carboxylic acids is 1. The van der Waals surface area contributed by atoms with E-state index in [4.69, 9.17) is 0 Å². The summed E-state index contributed by atoms with van der Waals surface area (Å²) in [5.41, 5.74) is 1.69. The number of thiophene rings is 1. The van der Waals surface area contributed by atoms with Crippen molar-refractivity contribution in [3.05, 3.63) is 58.7 Å². The molecule has 3 rings (SSSR count). The highest BCUT2D eigenvalue weighted by Crippen LogP contribution is 2.24. The molecule has 0 saturated carbocycles. The van der Waals surface area contributed by atoms with Crippen molar-refractivity contribution in [1.82, 2.24) is 9.38 Å². The molecule has 3 aromatic heterocycles. The number of pyridine rings is 1. The van der Waals surface area contributed by atoms with Gasteiger partial charge in [0.2, 0.25) is 0 Å². The maximum Gasteiger partial charge on any atom is 0.199 e. The summed E-state index contributed by atoms with van der Waals surface area (Å²) in [6.45, 7) is 0. The largest absolute Gasteiger partial charge is 0.506 e. The minimum Gasteiger partial charge on any atom is -0.506 e. The minimum atomic E-state index is -0.204. The summed E-state index contributed by atoms with van der Waals surface area (Å²) >= 11 is 1.23. The monoisotopic (exact) mass is 270 g/mol. The first kappa shape index (κ1) is 11.7. The zero-order valence-electron chi connectivity index (χ0n) is 9.85. The number of hydrogen-bond acceptors (Lipinski definition) is 4. The van der Waals surface area contributed by atoms with Crippen molar-refractivity contribution in [3.63, 3.8) is 0 Å². The van der Waals surface area contributed by atoms with E-state index in [0.717, 1.165) is 11.3 Å². The number of allylic oxidation sites excluding steroid dienone is 1. The molecule has 19 heavy (non-hydrogen) atoms. The molecule has 4 nitrogen and oxygen atoms in total. The van der Waals surface area contributed by atoms with Gasteiger partial charge in [-0.2, -0.15) is 0 Å². The molecule has 0 saturated heterocycles. The van der Waals surface area contributed by atoms with E-state index >= 15 is 0 Å². The van der Waals surface area contributed by atoms with Gasteiger partial charge in [-0.1, -0.05) is 6.07 Å². The maximum atomic E-state index is 11.9. The molecule has 0 aliphatic heterocycles. The molecule has 0 spiro atoms. The number of fused-ring (bicyclic) bond motifs is 1. The summed E-state index contributed by atoms with van der Waals surface area (Å²) in [6.07, 6.45) is 6.72.